The Hall–Kier alpha value is -1.23. The van der Waals surface area contributed by atoms with Gasteiger partial charge in [0.15, 0.2) is 0 Å². The molecule has 3 rings (SSSR count). The summed E-state index contributed by atoms with van der Waals surface area (Å²) in [5.41, 5.74) is -0.573. The number of rotatable bonds is 4. The third-order valence-electron chi connectivity index (χ3n) is 4.14. The van der Waals surface area contributed by atoms with Gasteiger partial charge in [0.05, 0.1) is 26.1 Å². The van der Waals surface area contributed by atoms with E-state index in [0.29, 0.717) is 51.4 Å². The van der Waals surface area contributed by atoms with Crippen LogP contribution in [0.3, 0.4) is 0 Å². The Bertz CT molecular complexity index is 649. The second-order valence-corrected chi connectivity index (χ2v) is 8.20. The summed E-state index contributed by atoms with van der Waals surface area (Å²) in [6.07, 6.45) is 1.94. The van der Waals surface area contributed by atoms with E-state index in [0.717, 1.165) is 6.42 Å². The summed E-state index contributed by atoms with van der Waals surface area (Å²) in [6.45, 7) is 4.41. The summed E-state index contributed by atoms with van der Waals surface area (Å²) >= 11 is 0. The van der Waals surface area contributed by atoms with E-state index in [4.69, 9.17) is 13.9 Å². The minimum Gasteiger partial charge on any atom is -0.408 e. The standard InChI is InChI=1S/C13H22N4O5S/c1-10-15-16-12(22-10)14-6-11-5-13(21-7-11)8-17(23(2,18)19)3-4-20-9-13/h11H,3-9H2,1-2H3,(H,14,16). The first-order valence-corrected chi connectivity index (χ1v) is 9.42. The lowest BCUT2D eigenvalue weighted by Crippen LogP contribution is -2.46. The Kier molecular flexibility index (Phi) is 4.59. The molecule has 0 amide bonds. The van der Waals surface area contributed by atoms with E-state index in [1.165, 1.54) is 10.6 Å². The van der Waals surface area contributed by atoms with Crippen LogP contribution in [-0.2, 0) is 19.5 Å². The number of aryl methyl sites for hydroxylation is 1. The second kappa shape index (κ2) is 6.34. The van der Waals surface area contributed by atoms with Gasteiger partial charge in [0.2, 0.25) is 15.9 Å². The Morgan fingerprint density at radius 1 is 1.43 bits per heavy atom. The predicted octanol–water partition coefficient (Wildman–Crippen LogP) is -0.143. The van der Waals surface area contributed by atoms with Gasteiger partial charge in [0.1, 0.15) is 5.60 Å². The smallest absolute Gasteiger partial charge is 0.315 e. The Labute approximate surface area is 135 Å². The molecule has 1 spiro atoms. The van der Waals surface area contributed by atoms with E-state index in [1.807, 2.05) is 0 Å². The van der Waals surface area contributed by atoms with Crippen molar-refractivity contribution in [1.29, 1.82) is 0 Å². The van der Waals surface area contributed by atoms with E-state index >= 15 is 0 Å². The Balaban J connectivity index is 1.60. The van der Waals surface area contributed by atoms with Crippen LogP contribution in [0.25, 0.3) is 0 Å². The molecule has 0 bridgehead atoms. The molecule has 2 fully saturated rings. The molecule has 0 aromatic carbocycles. The number of hydrogen-bond acceptors (Lipinski definition) is 8. The molecule has 0 radical (unpaired) electrons. The molecule has 2 aliphatic rings. The topological polar surface area (TPSA) is 107 Å². The van der Waals surface area contributed by atoms with Crippen molar-refractivity contribution in [1.82, 2.24) is 14.5 Å². The monoisotopic (exact) mass is 346 g/mol. The van der Waals surface area contributed by atoms with Gasteiger partial charge in [0.25, 0.3) is 0 Å². The van der Waals surface area contributed by atoms with Crippen LogP contribution in [0.4, 0.5) is 6.01 Å². The van der Waals surface area contributed by atoms with Crippen molar-refractivity contribution < 1.29 is 22.3 Å². The van der Waals surface area contributed by atoms with Crippen LogP contribution in [0.1, 0.15) is 12.3 Å². The first-order chi connectivity index (χ1) is 10.9. The van der Waals surface area contributed by atoms with Crippen molar-refractivity contribution in [2.24, 2.45) is 5.92 Å². The fourth-order valence-electron chi connectivity index (χ4n) is 3.03. The molecule has 0 aliphatic carbocycles. The van der Waals surface area contributed by atoms with E-state index in [-0.39, 0.29) is 5.92 Å². The van der Waals surface area contributed by atoms with Crippen molar-refractivity contribution in [3.63, 3.8) is 0 Å². The van der Waals surface area contributed by atoms with Gasteiger partial charge in [-0.3, -0.25) is 0 Å². The molecular weight excluding hydrogens is 324 g/mol. The third kappa shape index (κ3) is 4.00. The number of nitrogens with one attached hydrogen (secondary N) is 1. The quantitative estimate of drug-likeness (QED) is 0.803. The van der Waals surface area contributed by atoms with Gasteiger partial charge in [-0.15, -0.1) is 5.10 Å². The van der Waals surface area contributed by atoms with Crippen molar-refractivity contribution in [2.75, 3.05) is 51.0 Å². The van der Waals surface area contributed by atoms with E-state index < -0.39 is 15.6 Å². The summed E-state index contributed by atoms with van der Waals surface area (Å²) in [5, 5.41) is 10.7. The van der Waals surface area contributed by atoms with Crippen LogP contribution in [0.2, 0.25) is 0 Å². The van der Waals surface area contributed by atoms with E-state index in [9.17, 15) is 8.42 Å². The summed E-state index contributed by atoms with van der Waals surface area (Å²) in [5.74, 6) is 0.734. The summed E-state index contributed by atoms with van der Waals surface area (Å²) in [7, 11) is -3.26. The molecule has 2 unspecified atom stereocenters. The molecule has 9 nitrogen and oxygen atoms in total. The molecule has 130 valence electrons. The Morgan fingerprint density at radius 2 is 2.26 bits per heavy atom. The largest absolute Gasteiger partial charge is 0.408 e. The average molecular weight is 346 g/mol. The molecule has 1 N–H and O–H groups in total. The third-order valence-corrected chi connectivity index (χ3v) is 5.39. The van der Waals surface area contributed by atoms with Crippen molar-refractivity contribution in [3.8, 4) is 0 Å². The first-order valence-electron chi connectivity index (χ1n) is 7.57. The summed E-state index contributed by atoms with van der Waals surface area (Å²) in [4.78, 5) is 0. The highest BCUT2D eigenvalue weighted by atomic mass is 32.2. The van der Waals surface area contributed by atoms with Crippen molar-refractivity contribution in [3.05, 3.63) is 5.89 Å². The Morgan fingerprint density at radius 3 is 2.96 bits per heavy atom. The SMILES string of the molecule is Cc1nnc(NCC2COC3(COCCN(S(C)(=O)=O)C3)C2)o1. The highest BCUT2D eigenvalue weighted by Crippen LogP contribution is 2.33. The van der Waals surface area contributed by atoms with Crippen LogP contribution < -0.4 is 5.32 Å². The first kappa shape index (κ1) is 16.6. The molecule has 2 saturated heterocycles. The van der Waals surface area contributed by atoms with Gasteiger partial charge >= 0.3 is 6.01 Å². The molecule has 23 heavy (non-hydrogen) atoms. The molecule has 1 aromatic rings. The molecule has 2 atom stereocenters. The molecule has 3 heterocycles. The number of anilines is 1. The number of hydrogen-bond donors (Lipinski definition) is 1. The number of ether oxygens (including phenoxy) is 2. The minimum absolute atomic E-state index is 0.227. The van der Waals surface area contributed by atoms with Gasteiger partial charge in [-0.2, -0.15) is 4.31 Å². The highest BCUT2D eigenvalue weighted by Gasteiger charge is 2.44. The minimum atomic E-state index is -3.26. The molecule has 10 heteroatoms. The molecule has 0 saturated carbocycles. The van der Waals surface area contributed by atoms with Crippen LogP contribution in [0.15, 0.2) is 4.42 Å². The van der Waals surface area contributed by atoms with Gasteiger partial charge in [-0.25, -0.2) is 8.42 Å². The van der Waals surface area contributed by atoms with Gasteiger partial charge in [-0.1, -0.05) is 5.10 Å². The maximum atomic E-state index is 11.8. The predicted molar refractivity (Wildman–Crippen MR) is 81.6 cm³/mol. The lowest BCUT2D eigenvalue weighted by atomic mass is 9.95. The highest BCUT2D eigenvalue weighted by molar-refractivity contribution is 7.88. The fraction of sp³-hybridized carbons (Fsp3) is 0.846. The number of sulfonamides is 1. The zero-order valence-electron chi connectivity index (χ0n) is 13.3. The lowest BCUT2D eigenvalue weighted by molar-refractivity contribution is -0.0511. The number of nitrogens with zero attached hydrogens (tertiary/aromatic N) is 3. The van der Waals surface area contributed by atoms with E-state index in [1.54, 1.807) is 6.92 Å². The maximum absolute atomic E-state index is 11.8. The van der Waals surface area contributed by atoms with Gasteiger partial charge < -0.3 is 19.2 Å². The fourth-order valence-corrected chi connectivity index (χ4v) is 3.91. The average Bonchev–Trinajstić information content (AvgIpc) is 2.98. The summed E-state index contributed by atoms with van der Waals surface area (Å²) < 4.78 is 41.9. The zero-order chi connectivity index (χ0) is 16.5. The normalized spacial score (nSPS) is 29.7. The van der Waals surface area contributed by atoms with Crippen LogP contribution >= 0.6 is 0 Å². The lowest BCUT2D eigenvalue weighted by Gasteiger charge is -2.29. The van der Waals surface area contributed by atoms with E-state index in [2.05, 4.69) is 15.5 Å². The van der Waals surface area contributed by atoms with Crippen LogP contribution in [0.5, 0.6) is 0 Å². The zero-order valence-corrected chi connectivity index (χ0v) is 14.1. The number of aromatic nitrogens is 2. The van der Waals surface area contributed by atoms with Crippen LogP contribution in [0, 0.1) is 12.8 Å². The van der Waals surface area contributed by atoms with Crippen LogP contribution in [-0.4, -0.2) is 74.2 Å². The van der Waals surface area contributed by atoms with Gasteiger partial charge in [0, 0.05) is 32.5 Å². The summed E-state index contributed by atoms with van der Waals surface area (Å²) in [6, 6.07) is 0.387. The van der Waals surface area contributed by atoms with Crippen molar-refractivity contribution >= 4 is 16.0 Å². The van der Waals surface area contributed by atoms with Crippen molar-refractivity contribution in [2.45, 2.75) is 18.9 Å². The molecule has 2 aliphatic heterocycles. The second-order valence-electron chi connectivity index (χ2n) is 6.22. The molecule has 1 aromatic heterocycles. The molecular formula is C13H22N4O5S. The van der Waals surface area contributed by atoms with Gasteiger partial charge in [-0.05, 0) is 6.42 Å². The maximum Gasteiger partial charge on any atom is 0.315 e.